The van der Waals surface area contributed by atoms with Crippen LogP contribution in [0.3, 0.4) is 0 Å². The highest BCUT2D eigenvalue weighted by Crippen LogP contribution is 2.24. The van der Waals surface area contributed by atoms with Gasteiger partial charge in [0.25, 0.3) is 0 Å². The molecule has 0 aliphatic heterocycles. The van der Waals surface area contributed by atoms with Gasteiger partial charge in [-0.25, -0.2) is 0 Å². The smallest absolute Gasteiger partial charge is 0.0712 e. The van der Waals surface area contributed by atoms with Crippen LogP contribution in [0.15, 0.2) is 55.1 Å². The molecular weight excluding hydrogens is 264 g/mol. The van der Waals surface area contributed by atoms with E-state index in [1.807, 2.05) is 24.4 Å². The predicted octanol–water partition coefficient (Wildman–Crippen LogP) is 2.07. The van der Waals surface area contributed by atoms with Gasteiger partial charge in [-0.3, -0.25) is 9.67 Å². The van der Waals surface area contributed by atoms with Crippen LogP contribution in [0.2, 0.25) is 0 Å². The fourth-order valence-electron chi connectivity index (χ4n) is 2.22. The molecule has 106 valence electrons. The van der Waals surface area contributed by atoms with E-state index in [4.69, 9.17) is 10.8 Å². The first-order chi connectivity index (χ1) is 10.3. The number of aromatic nitrogens is 3. The number of hydrogen-bond acceptors (Lipinski definition) is 4. The summed E-state index contributed by atoms with van der Waals surface area (Å²) >= 11 is 0. The molecule has 0 saturated carbocycles. The predicted molar refractivity (Wildman–Crippen MR) is 81.3 cm³/mol. The van der Waals surface area contributed by atoms with Crippen molar-refractivity contribution in [3.8, 4) is 11.1 Å². The zero-order valence-electron chi connectivity index (χ0n) is 11.5. The summed E-state index contributed by atoms with van der Waals surface area (Å²) in [5, 5.41) is 13.2. The first-order valence-corrected chi connectivity index (χ1v) is 6.67. The summed E-state index contributed by atoms with van der Waals surface area (Å²) in [6, 6.07) is 10.1. The second-order valence-electron chi connectivity index (χ2n) is 4.86. The summed E-state index contributed by atoms with van der Waals surface area (Å²) in [6.45, 7) is 0.687. The van der Waals surface area contributed by atoms with E-state index in [-0.39, 0.29) is 6.61 Å². The number of anilines is 1. The summed E-state index contributed by atoms with van der Waals surface area (Å²) < 4.78 is 1.81. The maximum atomic E-state index is 9.04. The molecular formula is C16H16N4O. The van der Waals surface area contributed by atoms with E-state index in [1.165, 1.54) is 0 Å². The number of benzene rings is 1. The molecule has 0 bridgehead atoms. The minimum Gasteiger partial charge on any atom is -0.397 e. The van der Waals surface area contributed by atoms with Gasteiger partial charge in [-0.15, -0.1) is 0 Å². The molecule has 0 amide bonds. The molecule has 0 atom stereocenters. The van der Waals surface area contributed by atoms with Gasteiger partial charge in [0.1, 0.15) is 0 Å². The molecule has 0 spiro atoms. The average molecular weight is 280 g/mol. The molecule has 5 nitrogen and oxygen atoms in total. The van der Waals surface area contributed by atoms with Gasteiger partial charge in [-0.05, 0) is 17.2 Å². The van der Waals surface area contributed by atoms with E-state index in [1.54, 1.807) is 23.3 Å². The molecule has 2 aromatic heterocycles. The third-order valence-corrected chi connectivity index (χ3v) is 3.33. The number of nitrogen functional groups attached to an aromatic ring is 1. The van der Waals surface area contributed by atoms with Crippen LogP contribution in [0.4, 0.5) is 5.69 Å². The summed E-state index contributed by atoms with van der Waals surface area (Å²) in [5.41, 5.74) is 10.6. The van der Waals surface area contributed by atoms with Crippen molar-refractivity contribution < 1.29 is 5.11 Å². The van der Waals surface area contributed by atoms with Gasteiger partial charge in [0.05, 0.1) is 31.2 Å². The lowest BCUT2D eigenvalue weighted by molar-refractivity contribution is 0.281. The Kier molecular flexibility index (Phi) is 3.66. The van der Waals surface area contributed by atoms with Crippen molar-refractivity contribution in [2.45, 2.75) is 13.2 Å². The lowest BCUT2D eigenvalue weighted by atomic mass is 10.0. The second-order valence-corrected chi connectivity index (χ2v) is 4.86. The number of pyridine rings is 1. The Bertz CT molecular complexity index is 734. The lowest BCUT2D eigenvalue weighted by Gasteiger charge is -2.07. The fourth-order valence-corrected chi connectivity index (χ4v) is 2.22. The van der Waals surface area contributed by atoms with Crippen LogP contribution in [0, 0.1) is 0 Å². The van der Waals surface area contributed by atoms with Gasteiger partial charge in [-0.1, -0.05) is 24.3 Å². The average Bonchev–Trinajstić information content (AvgIpc) is 2.96. The highest BCUT2D eigenvalue weighted by Gasteiger charge is 2.03. The van der Waals surface area contributed by atoms with Crippen LogP contribution in [0.5, 0.6) is 0 Å². The zero-order valence-corrected chi connectivity index (χ0v) is 11.5. The maximum Gasteiger partial charge on any atom is 0.0712 e. The maximum absolute atomic E-state index is 9.04. The number of nitrogens with zero attached hydrogens (tertiary/aromatic N) is 3. The SMILES string of the molecule is Nc1cnccc1-c1ccc(Cn2cc(CO)cn2)cc1. The number of aliphatic hydroxyl groups is 1. The summed E-state index contributed by atoms with van der Waals surface area (Å²) in [5.74, 6) is 0. The van der Waals surface area contributed by atoms with Gasteiger partial charge in [-0.2, -0.15) is 5.10 Å². The monoisotopic (exact) mass is 280 g/mol. The van der Waals surface area contributed by atoms with Gasteiger partial charge in [0, 0.05) is 23.5 Å². The molecule has 21 heavy (non-hydrogen) atoms. The van der Waals surface area contributed by atoms with Crippen LogP contribution >= 0.6 is 0 Å². The molecule has 5 heteroatoms. The second kappa shape index (κ2) is 5.76. The van der Waals surface area contributed by atoms with Crippen molar-refractivity contribution in [3.63, 3.8) is 0 Å². The van der Waals surface area contributed by atoms with Crippen LogP contribution in [-0.4, -0.2) is 19.9 Å². The highest BCUT2D eigenvalue weighted by atomic mass is 16.3. The van der Waals surface area contributed by atoms with Crippen molar-refractivity contribution in [3.05, 3.63) is 66.2 Å². The Morgan fingerprint density at radius 3 is 2.52 bits per heavy atom. The first-order valence-electron chi connectivity index (χ1n) is 6.67. The molecule has 0 saturated heterocycles. The lowest BCUT2D eigenvalue weighted by Crippen LogP contribution is -1.99. The Balaban J connectivity index is 1.79. The number of hydrogen-bond donors (Lipinski definition) is 2. The third kappa shape index (κ3) is 2.93. The normalized spacial score (nSPS) is 10.7. The van der Waals surface area contributed by atoms with E-state index in [2.05, 4.69) is 22.2 Å². The molecule has 3 rings (SSSR count). The zero-order chi connectivity index (χ0) is 14.7. The van der Waals surface area contributed by atoms with Crippen molar-refractivity contribution >= 4 is 5.69 Å². The van der Waals surface area contributed by atoms with Gasteiger partial charge in [0.15, 0.2) is 0 Å². The minimum atomic E-state index is 0.0141. The standard InChI is InChI=1S/C16H16N4O/c17-16-8-18-6-5-15(16)14-3-1-12(2-4-14)9-20-10-13(11-21)7-19-20/h1-8,10,21H,9,11,17H2. The summed E-state index contributed by atoms with van der Waals surface area (Å²) in [7, 11) is 0. The molecule has 0 unspecified atom stereocenters. The van der Waals surface area contributed by atoms with Crippen molar-refractivity contribution in [1.82, 2.24) is 14.8 Å². The Morgan fingerprint density at radius 1 is 1.05 bits per heavy atom. The molecule has 1 aromatic carbocycles. The van der Waals surface area contributed by atoms with E-state index in [0.29, 0.717) is 12.2 Å². The molecule has 3 aromatic rings. The van der Waals surface area contributed by atoms with Crippen LogP contribution in [-0.2, 0) is 13.2 Å². The summed E-state index contributed by atoms with van der Waals surface area (Å²) in [4.78, 5) is 4.00. The van der Waals surface area contributed by atoms with Crippen molar-refractivity contribution in [2.75, 3.05) is 5.73 Å². The first kappa shape index (κ1) is 13.3. The molecule has 0 radical (unpaired) electrons. The van der Waals surface area contributed by atoms with Crippen LogP contribution < -0.4 is 5.73 Å². The Labute approximate surface area is 122 Å². The molecule has 0 aliphatic carbocycles. The third-order valence-electron chi connectivity index (χ3n) is 3.33. The van der Waals surface area contributed by atoms with E-state index < -0.39 is 0 Å². The van der Waals surface area contributed by atoms with Crippen LogP contribution in [0.1, 0.15) is 11.1 Å². The Morgan fingerprint density at radius 2 is 1.86 bits per heavy atom. The summed E-state index contributed by atoms with van der Waals surface area (Å²) in [6.07, 6.45) is 6.91. The largest absolute Gasteiger partial charge is 0.397 e. The van der Waals surface area contributed by atoms with Crippen molar-refractivity contribution in [2.24, 2.45) is 0 Å². The quantitative estimate of drug-likeness (QED) is 0.767. The van der Waals surface area contributed by atoms with E-state index >= 15 is 0 Å². The van der Waals surface area contributed by atoms with Gasteiger partial charge < -0.3 is 10.8 Å². The number of aliphatic hydroxyl groups excluding tert-OH is 1. The molecule has 0 fully saturated rings. The molecule has 2 heterocycles. The number of rotatable bonds is 4. The Hall–Kier alpha value is -2.66. The fraction of sp³-hybridized carbons (Fsp3) is 0.125. The highest BCUT2D eigenvalue weighted by molar-refractivity contribution is 5.75. The van der Waals surface area contributed by atoms with Crippen molar-refractivity contribution in [1.29, 1.82) is 0 Å². The van der Waals surface area contributed by atoms with E-state index in [0.717, 1.165) is 22.3 Å². The number of nitrogens with two attached hydrogens (primary N) is 1. The van der Waals surface area contributed by atoms with Gasteiger partial charge in [0.2, 0.25) is 0 Å². The molecule has 3 N–H and O–H groups in total. The minimum absolute atomic E-state index is 0.0141. The van der Waals surface area contributed by atoms with E-state index in [9.17, 15) is 0 Å². The van der Waals surface area contributed by atoms with Gasteiger partial charge >= 0.3 is 0 Å². The van der Waals surface area contributed by atoms with Crippen LogP contribution in [0.25, 0.3) is 11.1 Å². The molecule has 0 aliphatic rings. The topological polar surface area (TPSA) is 77.0 Å².